The van der Waals surface area contributed by atoms with E-state index in [1.54, 1.807) is 6.20 Å². The van der Waals surface area contributed by atoms with Crippen LogP contribution in [-0.2, 0) is 0 Å². The number of nitrogens with zero attached hydrogens (tertiary/aromatic N) is 3. The van der Waals surface area contributed by atoms with Crippen molar-refractivity contribution in [2.24, 2.45) is 4.99 Å². The first kappa shape index (κ1) is 18.6. The van der Waals surface area contributed by atoms with Crippen LogP contribution in [0, 0.1) is 5.82 Å². The van der Waals surface area contributed by atoms with Gasteiger partial charge in [0.25, 0.3) is 0 Å². The SMILES string of the molecule is C[C@@H]1N=C(c2cc3c(-c4ccc(F)cc4)cccc3[nH]2)c2cc(-c3ccccn3)cnc21. The third-order valence-electron chi connectivity index (χ3n) is 5.93. The molecule has 1 N–H and O–H groups in total. The molecule has 5 heteroatoms. The Labute approximate surface area is 184 Å². The molecule has 3 aromatic heterocycles. The molecule has 0 saturated carbocycles. The van der Waals surface area contributed by atoms with Crippen LogP contribution in [0.15, 0.2) is 90.2 Å². The average molecular weight is 418 g/mol. The number of halogens is 1. The minimum atomic E-state index is -0.238. The van der Waals surface area contributed by atoms with Gasteiger partial charge in [-0.05, 0) is 60.5 Å². The first-order chi connectivity index (χ1) is 15.7. The van der Waals surface area contributed by atoms with Gasteiger partial charge in [-0.15, -0.1) is 0 Å². The monoisotopic (exact) mass is 418 g/mol. The zero-order chi connectivity index (χ0) is 21.7. The molecule has 6 rings (SSSR count). The molecule has 1 aliphatic rings. The largest absolute Gasteiger partial charge is 0.353 e. The van der Waals surface area contributed by atoms with Crippen LogP contribution in [-0.4, -0.2) is 20.7 Å². The second-order valence-corrected chi connectivity index (χ2v) is 7.98. The summed E-state index contributed by atoms with van der Waals surface area (Å²) in [6, 6.07) is 22.8. The van der Waals surface area contributed by atoms with Crippen molar-refractivity contribution in [3.05, 3.63) is 108 Å². The van der Waals surface area contributed by atoms with E-state index < -0.39 is 0 Å². The van der Waals surface area contributed by atoms with Crippen LogP contribution >= 0.6 is 0 Å². The highest BCUT2D eigenvalue weighted by atomic mass is 19.1. The maximum Gasteiger partial charge on any atom is 0.123 e. The topological polar surface area (TPSA) is 53.9 Å². The van der Waals surface area contributed by atoms with Crippen LogP contribution < -0.4 is 0 Å². The van der Waals surface area contributed by atoms with Crippen molar-refractivity contribution in [1.82, 2.24) is 15.0 Å². The van der Waals surface area contributed by atoms with Crippen molar-refractivity contribution in [2.45, 2.75) is 13.0 Å². The summed E-state index contributed by atoms with van der Waals surface area (Å²) >= 11 is 0. The maximum atomic E-state index is 13.4. The highest BCUT2D eigenvalue weighted by Crippen LogP contribution is 2.35. The Kier molecular flexibility index (Phi) is 4.21. The molecule has 0 radical (unpaired) electrons. The summed E-state index contributed by atoms with van der Waals surface area (Å²) in [4.78, 5) is 17.6. The summed E-state index contributed by atoms with van der Waals surface area (Å²) in [7, 11) is 0. The molecule has 32 heavy (non-hydrogen) atoms. The van der Waals surface area contributed by atoms with E-state index in [1.807, 2.05) is 48.7 Å². The van der Waals surface area contributed by atoms with E-state index in [9.17, 15) is 4.39 Å². The number of fused-ring (bicyclic) bond motifs is 2. The molecule has 0 spiro atoms. The Balaban J connectivity index is 1.47. The third-order valence-corrected chi connectivity index (χ3v) is 5.93. The first-order valence-electron chi connectivity index (χ1n) is 10.5. The molecule has 2 aromatic carbocycles. The van der Waals surface area contributed by atoms with Crippen LogP contribution in [0.4, 0.5) is 4.39 Å². The Morgan fingerprint density at radius 3 is 2.53 bits per heavy atom. The molecule has 0 amide bonds. The second kappa shape index (κ2) is 7.24. The Morgan fingerprint density at radius 1 is 0.844 bits per heavy atom. The summed E-state index contributed by atoms with van der Waals surface area (Å²) in [6.45, 7) is 2.06. The van der Waals surface area contributed by atoms with E-state index in [0.29, 0.717) is 0 Å². The normalized spacial score (nSPS) is 15.1. The number of benzene rings is 2. The fraction of sp³-hybridized carbons (Fsp3) is 0.0741. The lowest BCUT2D eigenvalue weighted by Crippen LogP contribution is -2.03. The van der Waals surface area contributed by atoms with Gasteiger partial charge in [0.2, 0.25) is 0 Å². The number of aromatic amines is 1. The number of rotatable bonds is 3. The molecule has 0 aliphatic carbocycles. The Morgan fingerprint density at radius 2 is 1.72 bits per heavy atom. The van der Waals surface area contributed by atoms with Gasteiger partial charge in [0.05, 0.1) is 28.8 Å². The third kappa shape index (κ3) is 3.02. The van der Waals surface area contributed by atoms with Crippen LogP contribution in [0.5, 0.6) is 0 Å². The number of H-pyrrole nitrogens is 1. The molecule has 0 fully saturated rings. The number of hydrogen-bond donors (Lipinski definition) is 1. The van der Waals surface area contributed by atoms with Crippen molar-refractivity contribution in [3.63, 3.8) is 0 Å². The molecule has 0 bridgehead atoms. The van der Waals surface area contributed by atoms with Crippen LogP contribution in [0.1, 0.15) is 29.9 Å². The van der Waals surface area contributed by atoms with Gasteiger partial charge in [0.1, 0.15) is 5.82 Å². The summed E-state index contributed by atoms with van der Waals surface area (Å²) in [5.74, 6) is -0.238. The standard InChI is InChI=1S/C27H19FN4/c1-16-26-22(13-18(15-30-26)23-6-2-3-12-29-23)27(31-16)25-14-21-20(5-4-7-24(21)32-25)17-8-10-19(28)11-9-17/h2-16,32H,1H3/t16-/m0/s1. The number of nitrogens with one attached hydrogen (secondary N) is 1. The van der Waals surface area contributed by atoms with E-state index in [2.05, 4.69) is 35.1 Å². The van der Waals surface area contributed by atoms with E-state index in [4.69, 9.17) is 9.98 Å². The van der Waals surface area contributed by atoms with E-state index in [1.165, 1.54) is 12.1 Å². The molecule has 0 saturated heterocycles. The predicted octanol–water partition coefficient (Wildman–Crippen LogP) is 6.34. The van der Waals surface area contributed by atoms with Crippen LogP contribution in [0.25, 0.3) is 33.3 Å². The summed E-state index contributed by atoms with van der Waals surface area (Å²) in [6.07, 6.45) is 3.66. The van der Waals surface area contributed by atoms with Gasteiger partial charge in [0.15, 0.2) is 0 Å². The lowest BCUT2D eigenvalue weighted by atomic mass is 10.0. The fourth-order valence-corrected chi connectivity index (χ4v) is 4.37. The summed E-state index contributed by atoms with van der Waals surface area (Å²) < 4.78 is 13.4. The summed E-state index contributed by atoms with van der Waals surface area (Å²) in [5.41, 5.74) is 8.73. The highest BCUT2D eigenvalue weighted by Gasteiger charge is 2.26. The van der Waals surface area contributed by atoms with E-state index in [-0.39, 0.29) is 11.9 Å². The lowest BCUT2D eigenvalue weighted by Gasteiger charge is -2.06. The van der Waals surface area contributed by atoms with Gasteiger partial charge in [-0.2, -0.15) is 0 Å². The number of hydrogen-bond acceptors (Lipinski definition) is 3. The number of pyridine rings is 2. The molecule has 5 aromatic rings. The van der Waals surface area contributed by atoms with Gasteiger partial charge in [-0.1, -0.05) is 30.3 Å². The first-order valence-corrected chi connectivity index (χ1v) is 10.5. The molecule has 4 nitrogen and oxygen atoms in total. The van der Waals surface area contributed by atoms with Crippen molar-refractivity contribution in [3.8, 4) is 22.4 Å². The minimum absolute atomic E-state index is 0.0132. The molecule has 4 heterocycles. The zero-order valence-electron chi connectivity index (χ0n) is 17.4. The van der Waals surface area contributed by atoms with E-state index in [0.717, 1.165) is 56.0 Å². The van der Waals surface area contributed by atoms with Gasteiger partial charge < -0.3 is 4.98 Å². The van der Waals surface area contributed by atoms with Crippen molar-refractivity contribution in [1.29, 1.82) is 0 Å². The second-order valence-electron chi connectivity index (χ2n) is 7.98. The fourth-order valence-electron chi connectivity index (χ4n) is 4.37. The van der Waals surface area contributed by atoms with Crippen molar-refractivity contribution >= 4 is 16.6 Å². The van der Waals surface area contributed by atoms with Gasteiger partial charge in [-0.3, -0.25) is 15.0 Å². The van der Waals surface area contributed by atoms with Crippen molar-refractivity contribution in [2.75, 3.05) is 0 Å². The predicted molar refractivity (Wildman–Crippen MR) is 125 cm³/mol. The smallest absolute Gasteiger partial charge is 0.123 e. The van der Waals surface area contributed by atoms with Gasteiger partial charge >= 0.3 is 0 Å². The van der Waals surface area contributed by atoms with Crippen LogP contribution in [0.2, 0.25) is 0 Å². The Bertz CT molecular complexity index is 1480. The molecule has 1 aliphatic heterocycles. The maximum absolute atomic E-state index is 13.4. The molecular formula is C27H19FN4. The average Bonchev–Trinajstić information content (AvgIpc) is 3.41. The van der Waals surface area contributed by atoms with Gasteiger partial charge in [-0.25, -0.2) is 4.39 Å². The van der Waals surface area contributed by atoms with Crippen molar-refractivity contribution < 1.29 is 4.39 Å². The van der Waals surface area contributed by atoms with Crippen LogP contribution in [0.3, 0.4) is 0 Å². The quantitative estimate of drug-likeness (QED) is 0.371. The number of aromatic nitrogens is 3. The van der Waals surface area contributed by atoms with E-state index >= 15 is 0 Å². The van der Waals surface area contributed by atoms with Gasteiger partial charge in [0, 0.05) is 34.4 Å². The molecular weight excluding hydrogens is 399 g/mol. The molecule has 1 atom stereocenters. The molecule has 0 unspecified atom stereocenters. The molecule has 154 valence electrons. The lowest BCUT2D eigenvalue weighted by molar-refractivity contribution is 0.628. The highest BCUT2D eigenvalue weighted by molar-refractivity contribution is 6.17. The minimum Gasteiger partial charge on any atom is -0.353 e. The zero-order valence-corrected chi connectivity index (χ0v) is 17.4. The summed E-state index contributed by atoms with van der Waals surface area (Å²) in [5, 5.41) is 1.08. The Hall–Kier alpha value is -4.12. The number of aliphatic imine (C=N–C) groups is 1.